The number of ether oxygens (including phenoxy) is 2. The van der Waals surface area contributed by atoms with Crippen molar-refractivity contribution in [3.05, 3.63) is 47.5 Å². The zero-order valence-corrected chi connectivity index (χ0v) is 16.6. The molecule has 0 fully saturated rings. The molecule has 3 rings (SSSR count). The minimum Gasteiger partial charge on any atom is -0.497 e. The van der Waals surface area contributed by atoms with Gasteiger partial charge >= 0.3 is 0 Å². The first-order valence-electron chi connectivity index (χ1n) is 9.53. The SMILES string of the molecule is CCCCN1C(=O)CCc2cc(NC(=O)c3cc(OC)cc(OC)c3)ccc21. The minimum absolute atomic E-state index is 0.168. The third kappa shape index (κ3) is 4.27. The first-order chi connectivity index (χ1) is 13.5. The van der Waals surface area contributed by atoms with E-state index in [1.54, 1.807) is 32.4 Å². The average molecular weight is 382 g/mol. The van der Waals surface area contributed by atoms with Crippen LogP contribution in [0.4, 0.5) is 11.4 Å². The van der Waals surface area contributed by atoms with Gasteiger partial charge < -0.3 is 19.7 Å². The lowest BCUT2D eigenvalue weighted by Gasteiger charge is -2.29. The number of nitrogens with one attached hydrogen (secondary N) is 1. The zero-order chi connectivity index (χ0) is 20.1. The van der Waals surface area contributed by atoms with Gasteiger partial charge in [0, 0.05) is 36.0 Å². The molecule has 6 heteroatoms. The highest BCUT2D eigenvalue weighted by atomic mass is 16.5. The quantitative estimate of drug-likeness (QED) is 0.785. The first-order valence-corrected chi connectivity index (χ1v) is 9.53. The zero-order valence-electron chi connectivity index (χ0n) is 16.6. The third-order valence-corrected chi connectivity index (χ3v) is 4.89. The van der Waals surface area contributed by atoms with Crippen LogP contribution in [0.1, 0.15) is 42.1 Å². The van der Waals surface area contributed by atoms with Gasteiger partial charge in [0.15, 0.2) is 0 Å². The monoisotopic (exact) mass is 382 g/mol. The van der Waals surface area contributed by atoms with Crippen LogP contribution in [-0.4, -0.2) is 32.6 Å². The van der Waals surface area contributed by atoms with Crippen LogP contribution in [0.3, 0.4) is 0 Å². The van der Waals surface area contributed by atoms with Crippen LogP contribution in [0, 0.1) is 0 Å². The maximum atomic E-state index is 12.7. The Morgan fingerprint density at radius 3 is 2.43 bits per heavy atom. The lowest BCUT2D eigenvalue weighted by Crippen LogP contribution is -2.35. The molecule has 1 N–H and O–H groups in total. The Morgan fingerprint density at radius 2 is 1.79 bits per heavy atom. The van der Waals surface area contributed by atoms with E-state index in [9.17, 15) is 9.59 Å². The topological polar surface area (TPSA) is 67.9 Å². The number of benzene rings is 2. The van der Waals surface area contributed by atoms with Crippen LogP contribution in [0.25, 0.3) is 0 Å². The number of unbranched alkanes of at least 4 members (excludes halogenated alkanes) is 1. The van der Waals surface area contributed by atoms with E-state index in [1.807, 2.05) is 23.1 Å². The van der Waals surface area contributed by atoms with E-state index in [-0.39, 0.29) is 11.8 Å². The summed E-state index contributed by atoms with van der Waals surface area (Å²) in [4.78, 5) is 26.8. The van der Waals surface area contributed by atoms with Gasteiger partial charge in [-0.15, -0.1) is 0 Å². The van der Waals surface area contributed by atoms with Gasteiger partial charge in [0.25, 0.3) is 5.91 Å². The Labute approximate surface area is 165 Å². The van der Waals surface area contributed by atoms with Crippen molar-refractivity contribution in [2.24, 2.45) is 0 Å². The molecule has 6 nitrogen and oxygen atoms in total. The Hall–Kier alpha value is -3.02. The summed E-state index contributed by atoms with van der Waals surface area (Å²) in [6.45, 7) is 2.85. The molecule has 2 amide bonds. The Kier molecular flexibility index (Phi) is 6.19. The lowest BCUT2D eigenvalue weighted by atomic mass is 10.00. The molecular weight excluding hydrogens is 356 g/mol. The van der Waals surface area contributed by atoms with Crippen molar-refractivity contribution in [2.45, 2.75) is 32.6 Å². The Balaban J connectivity index is 1.80. The molecule has 0 atom stereocenters. The normalized spacial score (nSPS) is 13.1. The molecule has 2 aromatic rings. The molecule has 0 bridgehead atoms. The number of methoxy groups -OCH3 is 2. The van der Waals surface area contributed by atoms with Gasteiger partial charge in [0.05, 0.1) is 14.2 Å². The smallest absolute Gasteiger partial charge is 0.255 e. The van der Waals surface area contributed by atoms with Crippen molar-refractivity contribution in [1.29, 1.82) is 0 Å². The van der Waals surface area contributed by atoms with E-state index in [4.69, 9.17) is 9.47 Å². The maximum Gasteiger partial charge on any atom is 0.255 e. The number of anilines is 2. The Morgan fingerprint density at radius 1 is 1.07 bits per heavy atom. The van der Waals surface area contributed by atoms with Crippen LogP contribution >= 0.6 is 0 Å². The van der Waals surface area contributed by atoms with Gasteiger partial charge in [0.1, 0.15) is 11.5 Å². The third-order valence-electron chi connectivity index (χ3n) is 4.89. The second kappa shape index (κ2) is 8.78. The predicted molar refractivity (Wildman–Crippen MR) is 110 cm³/mol. The molecule has 1 heterocycles. The van der Waals surface area contributed by atoms with Gasteiger partial charge in [-0.1, -0.05) is 13.3 Å². The molecule has 0 aromatic heterocycles. The molecule has 0 radical (unpaired) electrons. The number of amides is 2. The predicted octanol–water partition coefficient (Wildman–Crippen LogP) is 4.04. The molecule has 1 aliphatic rings. The van der Waals surface area contributed by atoms with Gasteiger partial charge in [-0.05, 0) is 48.7 Å². The van der Waals surface area contributed by atoms with E-state index in [1.165, 1.54) is 0 Å². The molecule has 148 valence electrons. The van der Waals surface area contributed by atoms with Gasteiger partial charge in [0.2, 0.25) is 5.91 Å². The minimum atomic E-state index is -0.244. The van der Waals surface area contributed by atoms with Crippen molar-refractivity contribution in [3.8, 4) is 11.5 Å². The number of hydrogen-bond donors (Lipinski definition) is 1. The van der Waals surface area contributed by atoms with Crippen LogP contribution in [-0.2, 0) is 11.2 Å². The van der Waals surface area contributed by atoms with Crippen molar-refractivity contribution < 1.29 is 19.1 Å². The van der Waals surface area contributed by atoms with Crippen LogP contribution in [0.5, 0.6) is 11.5 Å². The number of rotatable bonds is 7. The summed E-state index contributed by atoms with van der Waals surface area (Å²) in [6, 6.07) is 10.8. The summed E-state index contributed by atoms with van der Waals surface area (Å²) in [5.41, 5.74) is 3.19. The highest BCUT2D eigenvalue weighted by Crippen LogP contribution is 2.31. The van der Waals surface area contributed by atoms with Crippen LogP contribution in [0.15, 0.2) is 36.4 Å². The van der Waals surface area contributed by atoms with Crippen molar-refractivity contribution in [2.75, 3.05) is 31.0 Å². The van der Waals surface area contributed by atoms with E-state index in [0.717, 1.165) is 30.6 Å². The molecule has 1 aliphatic heterocycles. The molecule has 0 unspecified atom stereocenters. The molecule has 2 aromatic carbocycles. The van der Waals surface area contributed by atoms with E-state index in [2.05, 4.69) is 12.2 Å². The van der Waals surface area contributed by atoms with Crippen molar-refractivity contribution >= 4 is 23.2 Å². The second-order valence-electron chi connectivity index (χ2n) is 6.80. The fraction of sp³-hybridized carbons (Fsp3) is 0.364. The van der Waals surface area contributed by atoms with Crippen molar-refractivity contribution in [3.63, 3.8) is 0 Å². The number of nitrogens with zero attached hydrogens (tertiary/aromatic N) is 1. The lowest BCUT2D eigenvalue weighted by molar-refractivity contribution is -0.118. The average Bonchev–Trinajstić information content (AvgIpc) is 2.72. The molecule has 0 saturated heterocycles. The number of hydrogen-bond acceptors (Lipinski definition) is 4. The summed E-state index contributed by atoms with van der Waals surface area (Å²) in [7, 11) is 3.09. The molecular formula is C22H26N2O4. The summed E-state index contributed by atoms with van der Waals surface area (Å²) in [6.07, 6.45) is 3.20. The number of aryl methyl sites for hydroxylation is 1. The molecule has 0 spiro atoms. The van der Waals surface area contributed by atoms with Crippen molar-refractivity contribution in [1.82, 2.24) is 0 Å². The van der Waals surface area contributed by atoms with Crippen LogP contribution < -0.4 is 19.7 Å². The number of carbonyl (C=O) groups excluding carboxylic acids is 2. The summed E-state index contributed by atoms with van der Waals surface area (Å²) < 4.78 is 10.5. The summed E-state index contributed by atoms with van der Waals surface area (Å²) in [5, 5.41) is 2.93. The summed E-state index contributed by atoms with van der Waals surface area (Å²) in [5.74, 6) is 1.04. The van der Waals surface area contributed by atoms with Gasteiger partial charge in [-0.25, -0.2) is 0 Å². The fourth-order valence-electron chi connectivity index (χ4n) is 3.34. The fourth-order valence-corrected chi connectivity index (χ4v) is 3.34. The number of fused-ring (bicyclic) bond motifs is 1. The highest BCUT2D eigenvalue weighted by molar-refractivity contribution is 6.05. The second-order valence-corrected chi connectivity index (χ2v) is 6.80. The number of carbonyl (C=O) groups is 2. The Bertz CT molecular complexity index is 857. The van der Waals surface area contributed by atoms with Gasteiger partial charge in [-0.2, -0.15) is 0 Å². The standard InChI is InChI=1S/C22H26N2O4/c1-4-5-10-24-20-8-7-17(11-15(20)6-9-21(24)25)23-22(26)16-12-18(27-2)14-19(13-16)28-3/h7-8,11-14H,4-6,9-10H2,1-3H3,(H,23,26). The van der Waals surface area contributed by atoms with E-state index < -0.39 is 0 Å². The largest absolute Gasteiger partial charge is 0.497 e. The van der Waals surface area contributed by atoms with Gasteiger partial charge in [-0.3, -0.25) is 9.59 Å². The maximum absolute atomic E-state index is 12.7. The summed E-state index contributed by atoms with van der Waals surface area (Å²) >= 11 is 0. The highest BCUT2D eigenvalue weighted by Gasteiger charge is 2.24. The first kappa shape index (κ1) is 19.7. The molecule has 0 aliphatic carbocycles. The van der Waals surface area contributed by atoms with Crippen LogP contribution in [0.2, 0.25) is 0 Å². The molecule has 0 saturated carbocycles. The van der Waals surface area contributed by atoms with E-state index in [0.29, 0.717) is 35.6 Å². The molecule has 28 heavy (non-hydrogen) atoms. The van der Waals surface area contributed by atoms with E-state index >= 15 is 0 Å².